The molecule has 2 aromatic rings. The van der Waals surface area contributed by atoms with E-state index in [-0.39, 0.29) is 10.7 Å². The summed E-state index contributed by atoms with van der Waals surface area (Å²) in [5, 5.41) is 2.93. The minimum atomic E-state index is -0.573. The lowest BCUT2D eigenvalue weighted by molar-refractivity contribution is -0.122. The van der Waals surface area contributed by atoms with Crippen LogP contribution in [-0.4, -0.2) is 30.6 Å². The molecule has 1 aliphatic heterocycles. The molecule has 8 heteroatoms. The van der Waals surface area contributed by atoms with Gasteiger partial charge >= 0.3 is 0 Å². The van der Waals surface area contributed by atoms with Crippen LogP contribution in [0.2, 0.25) is 5.02 Å². The van der Waals surface area contributed by atoms with E-state index < -0.39 is 11.8 Å². The van der Waals surface area contributed by atoms with Gasteiger partial charge in [-0.05, 0) is 68.4 Å². The predicted octanol–water partition coefficient (Wildman–Crippen LogP) is 4.20. The molecule has 0 bridgehead atoms. The lowest BCUT2D eigenvalue weighted by Crippen LogP contribution is -2.54. The van der Waals surface area contributed by atoms with E-state index in [4.69, 9.17) is 33.3 Å². The number of aryl methyl sites for hydroxylation is 2. The number of nitrogens with one attached hydrogen (secondary N) is 1. The van der Waals surface area contributed by atoms with Gasteiger partial charge in [0.1, 0.15) is 5.57 Å². The number of hydrogen-bond acceptors (Lipinski definition) is 5. The third-order valence-electron chi connectivity index (χ3n) is 4.54. The molecule has 156 valence electrons. The number of carbonyl (C=O) groups is 2. The summed E-state index contributed by atoms with van der Waals surface area (Å²) in [5.74, 6) is -0.278. The summed E-state index contributed by atoms with van der Waals surface area (Å²) in [4.78, 5) is 27.1. The first kappa shape index (κ1) is 21.8. The maximum atomic E-state index is 13.2. The number of halogens is 1. The number of ether oxygens (including phenoxy) is 2. The highest BCUT2D eigenvalue weighted by Crippen LogP contribution is 2.37. The molecule has 30 heavy (non-hydrogen) atoms. The quantitative estimate of drug-likeness (QED) is 0.425. The molecule has 0 radical (unpaired) electrons. The highest BCUT2D eigenvalue weighted by molar-refractivity contribution is 7.80. The van der Waals surface area contributed by atoms with Crippen LogP contribution in [0.25, 0.3) is 6.08 Å². The average molecular weight is 445 g/mol. The molecule has 2 aromatic carbocycles. The van der Waals surface area contributed by atoms with Gasteiger partial charge in [0.25, 0.3) is 11.8 Å². The van der Waals surface area contributed by atoms with Crippen molar-refractivity contribution in [3.8, 4) is 11.5 Å². The molecule has 1 aliphatic rings. The molecule has 1 heterocycles. The van der Waals surface area contributed by atoms with Gasteiger partial charge in [-0.3, -0.25) is 19.8 Å². The van der Waals surface area contributed by atoms with Gasteiger partial charge in [0.05, 0.1) is 24.4 Å². The molecule has 2 amide bonds. The van der Waals surface area contributed by atoms with Gasteiger partial charge < -0.3 is 9.47 Å². The van der Waals surface area contributed by atoms with Gasteiger partial charge in [-0.15, -0.1) is 0 Å². The highest BCUT2D eigenvalue weighted by atomic mass is 35.5. The fourth-order valence-corrected chi connectivity index (χ4v) is 3.80. The Labute approximate surface area is 185 Å². The first-order valence-electron chi connectivity index (χ1n) is 9.25. The summed E-state index contributed by atoms with van der Waals surface area (Å²) >= 11 is 11.6. The number of thiocarbonyl (C=S) groups is 1. The Morgan fingerprint density at radius 3 is 2.57 bits per heavy atom. The molecular weight excluding hydrogens is 424 g/mol. The van der Waals surface area contributed by atoms with Crippen molar-refractivity contribution in [2.24, 2.45) is 0 Å². The lowest BCUT2D eigenvalue weighted by atomic mass is 10.0. The van der Waals surface area contributed by atoms with E-state index in [9.17, 15) is 9.59 Å². The van der Waals surface area contributed by atoms with Crippen LogP contribution in [0.4, 0.5) is 5.69 Å². The van der Waals surface area contributed by atoms with Gasteiger partial charge in [0.2, 0.25) is 0 Å². The van der Waals surface area contributed by atoms with E-state index in [1.54, 1.807) is 18.2 Å². The number of rotatable bonds is 5. The maximum absolute atomic E-state index is 13.2. The molecular formula is C22H21ClN2O4S. The second kappa shape index (κ2) is 8.85. The number of amides is 2. The van der Waals surface area contributed by atoms with Crippen molar-refractivity contribution in [2.45, 2.75) is 20.8 Å². The summed E-state index contributed by atoms with van der Waals surface area (Å²) in [5.41, 5.74) is 3.00. The van der Waals surface area contributed by atoms with Crippen molar-refractivity contribution < 1.29 is 19.1 Å². The van der Waals surface area contributed by atoms with E-state index in [0.29, 0.717) is 34.4 Å². The van der Waals surface area contributed by atoms with Crippen LogP contribution in [0.1, 0.15) is 23.6 Å². The minimum absolute atomic E-state index is 0.0388. The van der Waals surface area contributed by atoms with E-state index >= 15 is 0 Å². The van der Waals surface area contributed by atoms with Crippen molar-refractivity contribution in [3.63, 3.8) is 0 Å². The molecule has 1 fully saturated rings. The lowest BCUT2D eigenvalue weighted by Gasteiger charge is -2.30. The van der Waals surface area contributed by atoms with E-state index in [1.165, 1.54) is 18.1 Å². The largest absolute Gasteiger partial charge is 0.491 e. The Balaban J connectivity index is 2.07. The minimum Gasteiger partial charge on any atom is -0.491 e. The molecule has 3 rings (SSSR count). The van der Waals surface area contributed by atoms with Crippen LogP contribution in [-0.2, 0) is 9.59 Å². The van der Waals surface area contributed by atoms with Crippen molar-refractivity contribution in [2.75, 3.05) is 18.6 Å². The van der Waals surface area contributed by atoms with Gasteiger partial charge in [-0.1, -0.05) is 29.3 Å². The highest BCUT2D eigenvalue weighted by Gasteiger charge is 2.35. The van der Waals surface area contributed by atoms with Gasteiger partial charge in [-0.2, -0.15) is 0 Å². The summed E-state index contributed by atoms with van der Waals surface area (Å²) in [6.07, 6.45) is 1.46. The number of hydrogen-bond donors (Lipinski definition) is 1. The Bertz CT molecular complexity index is 1080. The zero-order chi connectivity index (χ0) is 22.0. The molecule has 0 saturated carbocycles. The van der Waals surface area contributed by atoms with E-state index in [1.807, 2.05) is 32.9 Å². The molecule has 0 aromatic heterocycles. The summed E-state index contributed by atoms with van der Waals surface area (Å²) < 4.78 is 10.8. The standard InChI is InChI=1S/C22H21ClN2O4S/c1-5-29-18-11-14(10-16(23)19(18)28-4)9-15-20(26)24-22(30)25(21(15)27)17-7-6-12(2)8-13(17)3/h6-11H,5H2,1-4H3,(H,24,26,30)/b15-9+. The van der Waals surface area contributed by atoms with Crippen LogP contribution >= 0.6 is 23.8 Å². The zero-order valence-corrected chi connectivity index (χ0v) is 18.6. The van der Waals surface area contributed by atoms with Crippen molar-refractivity contribution in [1.82, 2.24) is 5.32 Å². The van der Waals surface area contributed by atoms with Crippen LogP contribution in [0.5, 0.6) is 11.5 Å². The number of anilines is 1. The monoisotopic (exact) mass is 444 g/mol. The molecule has 1 N–H and O–H groups in total. The van der Waals surface area contributed by atoms with Gasteiger partial charge in [0.15, 0.2) is 16.6 Å². The molecule has 1 saturated heterocycles. The average Bonchev–Trinajstić information content (AvgIpc) is 2.67. The van der Waals surface area contributed by atoms with Crippen molar-refractivity contribution >= 4 is 52.5 Å². The second-order valence-corrected chi connectivity index (χ2v) is 7.51. The third kappa shape index (κ3) is 4.17. The zero-order valence-electron chi connectivity index (χ0n) is 17.0. The Kier molecular flexibility index (Phi) is 6.43. The van der Waals surface area contributed by atoms with E-state index in [0.717, 1.165) is 11.1 Å². The second-order valence-electron chi connectivity index (χ2n) is 6.71. The molecule has 0 aliphatic carbocycles. The fourth-order valence-electron chi connectivity index (χ4n) is 3.23. The topological polar surface area (TPSA) is 67.9 Å². The number of carbonyl (C=O) groups excluding carboxylic acids is 2. The van der Waals surface area contributed by atoms with Crippen molar-refractivity contribution in [1.29, 1.82) is 0 Å². The summed E-state index contributed by atoms with van der Waals surface area (Å²) in [7, 11) is 1.49. The fraction of sp³-hybridized carbons (Fsp3) is 0.227. The molecule has 0 atom stereocenters. The SMILES string of the molecule is CCOc1cc(/C=C2\C(=O)NC(=S)N(c3ccc(C)cc3C)C2=O)cc(Cl)c1OC. The van der Waals surface area contributed by atoms with Crippen molar-refractivity contribution in [3.05, 3.63) is 57.6 Å². The normalized spacial score (nSPS) is 15.4. The molecule has 0 spiro atoms. The molecule has 6 nitrogen and oxygen atoms in total. The Morgan fingerprint density at radius 2 is 1.93 bits per heavy atom. The van der Waals surface area contributed by atoms with Crippen LogP contribution in [0.15, 0.2) is 35.9 Å². The summed E-state index contributed by atoms with van der Waals surface area (Å²) in [6, 6.07) is 8.90. The number of methoxy groups -OCH3 is 1. The smallest absolute Gasteiger partial charge is 0.270 e. The predicted molar refractivity (Wildman–Crippen MR) is 121 cm³/mol. The van der Waals surface area contributed by atoms with Crippen LogP contribution < -0.4 is 19.7 Å². The van der Waals surface area contributed by atoms with Crippen LogP contribution in [0, 0.1) is 13.8 Å². The van der Waals surface area contributed by atoms with Gasteiger partial charge in [-0.25, -0.2) is 0 Å². The first-order valence-corrected chi connectivity index (χ1v) is 10.0. The first-order chi connectivity index (χ1) is 14.3. The molecule has 0 unspecified atom stereocenters. The Hall–Kier alpha value is -2.90. The Morgan fingerprint density at radius 1 is 1.20 bits per heavy atom. The van der Waals surface area contributed by atoms with E-state index in [2.05, 4.69) is 5.32 Å². The van der Waals surface area contributed by atoms with Gasteiger partial charge in [0, 0.05) is 0 Å². The number of nitrogens with zero attached hydrogens (tertiary/aromatic N) is 1. The maximum Gasteiger partial charge on any atom is 0.270 e. The van der Waals surface area contributed by atoms with Crippen LogP contribution in [0.3, 0.4) is 0 Å². The summed E-state index contributed by atoms with van der Waals surface area (Å²) in [6.45, 7) is 6.08. The third-order valence-corrected chi connectivity index (χ3v) is 5.11. The number of benzene rings is 2.